The van der Waals surface area contributed by atoms with Crippen molar-refractivity contribution in [2.45, 2.75) is 50.5 Å². The Morgan fingerprint density at radius 1 is 1.17 bits per heavy atom. The molecule has 1 aliphatic heterocycles. The maximum atomic E-state index is 13.0. The summed E-state index contributed by atoms with van der Waals surface area (Å²) in [5.74, 6) is 0.408. The van der Waals surface area contributed by atoms with E-state index in [1.807, 2.05) is 49.4 Å². The molecule has 1 aliphatic carbocycles. The molecule has 0 bridgehead atoms. The summed E-state index contributed by atoms with van der Waals surface area (Å²) < 4.78 is 0. The lowest BCUT2D eigenvalue weighted by Crippen LogP contribution is -2.41. The van der Waals surface area contributed by atoms with Crippen molar-refractivity contribution in [3.8, 4) is 0 Å². The number of nitrogens with one attached hydrogen (secondary N) is 1. The first kappa shape index (κ1) is 20.7. The van der Waals surface area contributed by atoms with Gasteiger partial charge in [0, 0.05) is 23.5 Å². The van der Waals surface area contributed by atoms with Gasteiger partial charge in [0.05, 0.1) is 10.6 Å². The number of thioether (sulfide) groups is 1. The van der Waals surface area contributed by atoms with E-state index in [4.69, 9.17) is 0 Å². The van der Waals surface area contributed by atoms with Gasteiger partial charge in [-0.05, 0) is 55.5 Å². The molecule has 1 heterocycles. The largest absolute Gasteiger partial charge is 0.349 e. The van der Waals surface area contributed by atoms with Crippen LogP contribution >= 0.6 is 11.8 Å². The standard InChI is InChI=1S/C25H28N2O2S/c1-16-7-6-9-18(13-16)14-23-25(29)27(3)21-15-19(11-12-22(21)30-23)24(28)26-20-10-5-4-8-17(20)2/h6-7,9,11-15,17,20H,4-5,8,10H2,1-3H3,(H,26,28). The summed E-state index contributed by atoms with van der Waals surface area (Å²) in [7, 11) is 1.77. The number of amides is 2. The second-order valence-corrected chi connectivity index (χ2v) is 9.50. The van der Waals surface area contributed by atoms with Gasteiger partial charge in [-0.25, -0.2) is 0 Å². The Kier molecular flexibility index (Phi) is 6.00. The molecule has 2 aliphatic rings. The summed E-state index contributed by atoms with van der Waals surface area (Å²) in [5.41, 5.74) is 3.57. The van der Waals surface area contributed by atoms with Gasteiger partial charge in [0.2, 0.25) is 0 Å². The van der Waals surface area contributed by atoms with E-state index in [0.29, 0.717) is 16.4 Å². The Morgan fingerprint density at radius 3 is 2.73 bits per heavy atom. The van der Waals surface area contributed by atoms with E-state index in [0.717, 1.165) is 28.1 Å². The highest BCUT2D eigenvalue weighted by atomic mass is 32.2. The number of carbonyl (C=O) groups excluding carboxylic acids is 2. The smallest absolute Gasteiger partial charge is 0.264 e. The molecule has 2 atom stereocenters. The molecule has 2 amide bonds. The number of likely N-dealkylation sites (N-methyl/N-ethyl adjacent to an activating group) is 1. The van der Waals surface area contributed by atoms with Crippen LogP contribution in [-0.4, -0.2) is 24.9 Å². The van der Waals surface area contributed by atoms with E-state index in [1.165, 1.54) is 31.0 Å². The van der Waals surface area contributed by atoms with Gasteiger partial charge in [0.15, 0.2) is 0 Å². The van der Waals surface area contributed by atoms with Crippen molar-refractivity contribution in [1.82, 2.24) is 5.32 Å². The molecule has 1 saturated carbocycles. The molecule has 30 heavy (non-hydrogen) atoms. The topological polar surface area (TPSA) is 49.4 Å². The third-order valence-electron chi connectivity index (χ3n) is 6.09. The van der Waals surface area contributed by atoms with Crippen LogP contribution in [0, 0.1) is 12.8 Å². The quantitative estimate of drug-likeness (QED) is 0.675. The fraction of sp³-hybridized carbons (Fsp3) is 0.360. The van der Waals surface area contributed by atoms with Gasteiger partial charge in [0.1, 0.15) is 0 Å². The molecule has 2 aromatic carbocycles. The molecule has 2 aromatic rings. The van der Waals surface area contributed by atoms with E-state index in [-0.39, 0.29) is 17.9 Å². The van der Waals surface area contributed by atoms with Gasteiger partial charge in [-0.3, -0.25) is 9.59 Å². The molecular weight excluding hydrogens is 392 g/mol. The average molecular weight is 421 g/mol. The van der Waals surface area contributed by atoms with Crippen molar-refractivity contribution in [3.63, 3.8) is 0 Å². The SMILES string of the molecule is Cc1cccc(C=C2Sc3ccc(C(=O)NC4CCCCC4C)cc3N(C)C2=O)c1. The minimum Gasteiger partial charge on any atom is -0.349 e. The number of rotatable bonds is 3. The zero-order valence-electron chi connectivity index (χ0n) is 17.8. The lowest BCUT2D eigenvalue weighted by Gasteiger charge is -2.30. The van der Waals surface area contributed by atoms with Gasteiger partial charge in [-0.2, -0.15) is 0 Å². The van der Waals surface area contributed by atoms with Gasteiger partial charge >= 0.3 is 0 Å². The third kappa shape index (κ3) is 4.31. The van der Waals surface area contributed by atoms with Crippen LogP contribution in [0.15, 0.2) is 52.3 Å². The number of nitrogens with zero attached hydrogens (tertiary/aromatic N) is 1. The highest BCUT2D eigenvalue weighted by Crippen LogP contribution is 2.42. The van der Waals surface area contributed by atoms with E-state index in [9.17, 15) is 9.59 Å². The number of anilines is 1. The Labute approximate surface area is 182 Å². The van der Waals surface area contributed by atoms with Crippen LogP contribution in [0.5, 0.6) is 0 Å². The van der Waals surface area contributed by atoms with Crippen LogP contribution < -0.4 is 10.2 Å². The first-order chi connectivity index (χ1) is 14.4. The van der Waals surface area contributed by atoms with Crippen LogP contribution in [0.3, 0.4) is 0 Å². The Morgan fingerprint density at radius 2 is 1.97 bits per heavy atom. The van der Waals surface area contributed by atoms with E-state index < -0.39 is 0 Å². The zero-order chi connectivity index (χ0) is 21.3. The maximum Gasteiger partial charge on any atom is 0.264 e. The number of carbonyl (C=O) groups is 2. The molecule has 1 N–H and O–H groups in total. The van der Waals surface area contributed by atoms with Gasteiger partial charge in [-0.15, -0.1) is 0 Å². The van der Waals surface area contributed by atoms with Gasteiger partial charge in [0.25, 0.3) is 11.8 Å². The van der Waals surface area contributed by atoms with Crippen molar-refractivity contribution < 1.29 is 9.59 Å². The molecule has 4 nitrogen and oxygen atoms in total. The Hall–Kier alpha value is -2.53. The minimum absolute atomic E-state index is 0.0486. The molecule has 4 rings (SSSR count). The van der Waals surface area contributed by atoms with Crippen LogP contribution in [0.25, 0.3) is 6.08 Å². The summed E-state index contributed by atoms with van der Waals surface area (Å²) in [6, 6.07) is 14.0. The predicted molar refractivity (Wildman–Crippen MR) is 124 cm³/mol. The monoisotopic (exact) mass is 420 g/mol. The lowest BCUT2D eigenvalue weighted by molar-refractivity contribution is -0.114. The fourth-order valence-electron chi connectivity index (χ4n) is 4.23. The number of aryl methyl sites for hydroxylation is 1. The molecule has 0 aromatic heterocycles. The van der Waals surface area contributed by atoms with Crippen LogP contribution in [0.2, 0.25) is 0 Å². The summed E-state index contributed by atoms with van der Waals surface area (Å²) in [6.07, 6.45) is 6.56. The zero-order valence-corrected chi connectivity index (χ0v) is 18.6. The second-order valence-electron chi connectivity index (χ2n) is 8.41. The first-order valence-corrected chi connectivity index (χ1v) is 11.4. The second kappa shape index (κ2) is 8.68. The molecule has 1 fully saturated rings. The molecule has 5 heteroatoms. The van der Waals surface area contributed by atoms with Crippen molar-refractivity contribution in [2.24, 2.45) is 5.92 Å². The fourth-order valence-corrected chi connectivity index (χ4v) is 5.32. The van der Waals surface area contributed by atoms with Crippen LogP contribution in [0.1, 0.15) is 54.1 Å². The van der Waals surface area contributed by atoms with Crippen molar-refractivity contribution in [3.05, 3.63) is 64.1 Å². The summed E-state index contributed by atoms with van der Waals surface area (Å²) in [6.45, 7) is 4.25. The highest BCUT2D eigenvalue weighted by molar-refractivity contribution is 8.04. The number of hydrogen-bond donors (Lipinski definition) is 1. The lowest BCUT2D eigenvalue weighted by atomic mass is 9.86. The molecule has 0 radical (unpaired) electrons. The van der Waals surface area contributed by atoms with Gasteiger partial charge < -0.3 is 10.2 Å². The third-order valence-corrected chi connectivity index (χ3v) is 7.16. The van der Waals surface area contributed by atoms with Gasteiger partial charge in [-0.1, -0.05) is 61.4 Å². The van der Waals surface area contributed by atoms with E-state index >= 15 is 0 Å². The number of fused-ring (bicyclic) bond motifs is 1. The molecule has 0 saturated heterocycles. The maximum absolute atomic E-state index is 13.0. The molecular formula is C25H28N2O2S. The first-order valence-electron chi connectivity index (χ1n) is 10.6. The Balaban J connectivity index is 1.56. The molecule has 156 valence electrons. The average Bonchev–Trinajstić information content (AvgIpc) is 2.73. The minimum atomic E-state index is -0.0523. The van der Waals surface area contributed by atoms with Crippen LogP contribution in [-0.2, 0) is 4.79 Å². The van der Waals surface area contributed by atoms with E-state index in [1.54, 1.807) is 11.9 Å². The number of hydrogen-bond acceptors (Lipinski definition) is 3. The molecule has 2 unspecified atom stereocenters. The normalized spacial score (nSPS) is 22.7. The summed E-state index contributed by atoms with van der Waals surface area (Å²) in [4.78, 5) is 29.1. The number of benzene rings is 2. The summed E-state index contributed by atoms with van der Waals surface area (Å²) >= 11 is 1.46. The van der Waals surface area contributed by atoms with Crippen LogP contribution in [0.4, 0.5) is 5.69 Å². The predicted octanol–water partition coefficient (Wildman–Crippen LogP) is 5.41. The van der Waals surface area contributed by atoms with E-state index in [2.05, 4.69) is 18.3 Å². The highest BCUT2D eigenvalue weighted by Gasteiger charge is 2.28. The van der Waals surface area contributed by atoms with Crippen molar-refractivity contribution in [1.29, 1.82) is 0 Å². The van der Waals surface area contributed by atoms with Crippen molar-refractivity contribution >= 4 is 35.3 Å². The molecule has 0 spiro atoms. The Bertz CT molecular complexity index is 1010. The summed E-state index contributed by atoms with van der Waals surface area (Å²) in [5, 5.41) is 3.20. The van der Waals surface area contributed by atoms with Crippen molar-refractivity contribution in [2.75, 3.05) is 11.9 Å².